The van der Waals surface area contributed by atoms with Gasteiger partial charge in [-0.15, -0.1) is 0 Å². The average Bonchev–Trinajstić information content (AvgIpc) is 2.98. The van der Waals surface area contributed by atoms with E-state index in [-0.39, 0.29) is 12.5 Å². The van der Waals surface area contributed by atoms with Crippen LogP contribution in [0.3, 0.4) is 0 Å². The van der Waals surface area contributed by atoms with Gasteiger partial charge in [-0.05, 0) is 25.0 Å². The minimum Gasteiger partial charge on any atom is -0.495 e. The van der Waals surface area contributed by atoms with Gasteiger partial charge in [0.2, 0.25) is 5.91 Å². The number of likely N-dealkylation sites (tertiary alicyclic amines) is 1. The molecule has 0 aliphatic carbocycles. The Kier molecular flexibility index (Phi) is 4.24. The summed E-state index contributed by atoms with van der Waals surface area (Å²) in [4.78, 5) is 13.8. The quantitative estimate of drug-likeness (QED) is 0.892. The number of amides is 1. The standard InChI is InChI=1S/C14H17N3O2/c1-19-12-6-4-5-11(9-15)14(12)16-10-13(18)17-7-2-3-8-17/h4-6,16H,2-3,7-8,10H2,1H3. The van der Waals surface area contributed by atoms with Crippen molar-refractivity contribution in [3.8, 4) is 11.8 Å². The minimum atomic E-state index is 0.0623. The highest BCUT2D eigenvalue weighted by molar-refractivity contribution is 5.82. The van der Waals surface area contributed by atoms with Crippen LogP contribution in [0.2, 0.25) is 0 Å². The van der Waals surface area contributed by atoms with E-state index in [4.69, 9.17) is 10.00 Å². The number of anilines is 1. The molecular weight excluding hydrogens is 242 g/mol. The third-order valence-corrected chi connectivity index (χ3v) is 3.24. The number of hydrogen-bond donors (Lipinski definition) is 1. The van der Waals surface area contributed by atoms with Crippen LogP contribution in [0, 0.1) is 11.3 Å². The molecule has 0 saturated carbocycles. The predicted molar refractivity (Wildman–Crippen MR) is 72.0 cm³/mol. The molecule has 1 aliphatic rings. The maximum Gasteiger partial charge on any atom is 0.241 e. The van der Waals surface area contributed by atoms with Crippen molar-refractivity contribution in [1.29, 1.82) is 5.26 Å². The van der Waals surface area contributed by atoms with Gasteiger partial charge in [-0.2, -0.15) is 5.26 Å². The van der Waals surface area contributed by atoms with Crippen molar-refractivity contribution in [2.24, 2.45) is 0 Å². The fourth-order valence-corrected chi connectivity index (χ4v) is 2.22. The molecule has 1 fully saturated rings. The summed E-state index contributed by atoms with van der Waals surface area (Å²) in [7, 11) is 1.55. The van der Waals surface area contributed by atoms with Gasteiger partial charge in [0, 0.05) is 13.1 Å². The highest BCUT2D eigenvalue weighted by Gasteiger charge is 2.18. The van der Waals surface area contributed by atoms with E-state index in [1.54, 1.807) is 25.3 Å². The van der Waals surface area contributed by atoms with Crippen LogP contribution in [0.5, 0.6) is 5.75 Å². The van der Waals surface area contributed by atoms with Crippen LogP contribution < -0.4 is 10.1 Å². The van der Waals surface area contributed by atoms with Gasteiger partial charge < -0.3 is 15.0 Å². The normalized spacial score (nSPS) is 14.0. The number of methoxy groups -OCH3 is 1. The predicted octanol–water partition coefficient (Wildman–Crippen LogP) is 1.60. The van der Waals surface area contributed by atoms with E-state index < -0.39 is 0 Å². The van der Waals surface area contributed by atoms with Crippen molar-refractivity contribution < 1.29 is 9.53 Å². The van der Waals surface area contributed by atoms with Crippen LogP contribution in [-0.2, 0) is 4.79 Å². The number of carbonyl (C=O) groups is 1. The van der Waals surface area contributed by atoms with E-state index in [0.717, 1.165) is 25.9 Å². The third kappa shape index (κ3) is 2.97. The summed E-state index contributed by atoms with van der Waals surface area (Å²) in [5, 5.41) is 12.1. The number of nitriles is 1. The van der Waals surface area contributed by atoms with Gasteiger partial charge in [0.1, 0.15) is 11.8 Å². The maximum atomic E-state index is 12.0. The second-order valence-corrected chi connectivity index (χ2v) is 4.44. The van der Waals surface area contributed by atoms with Crippen LogP contribution in [0.25, 0.3) is 0 Å². The van der Waals surface area contributed by atoms with Gasteiger partial charge >= 0.3 is 0 Å². The molecule has 1 aromatic carbocycles. The lowest BCUT2D eigenvalue weighted by atomic mass is 10.2. The van der Waals surface area contributed by atoms with Crippen molar-refractivity contribution in [3.05, 3.63) is 23.8 Å². The molecule has 1 aliphatic heterocycles. The lowest BCUT2D eigenvalue weighted by Crippen LogP contribution is -2.33. The Labute approximate surface area is 112 Å². The SMILES string of the molecule is COc1cccc(C#N)c1NCC(=O)N1CCCC1. The fourth-order valence-electron chi connectivity index (χ4n) is 2.22. The van der Waals surface area contributed by atoms with Crippen LogP contribution in [0.4, 0.5) is 5.69 Å². The molecule has 1 N–H and O–H groups in total. The Hall–Kier alpha value is -2.22. The second-order valence-electron chi connectivity index (χ2n) is 4.44. The molecule has 0 aromatic heterocycles. The van der Waals surface area contributed by atoms with E-state index >= 15 is 0 Å². The summed E-state index contributed by atoms with van der Waals surface area (Å²) in [5.74, 6) is 0.639. The highest BCUT2D eigenvalue weighted by Crippen LogP contribution is 2.27. The summed E-state index contributed by atoms with van der Waals surface area (Å²) in [5.41, 5.74) is 1.06. The number of para-hydroxylation sites is 1. The van der Waals surface area contributed by atoms with Crippen molar-refractivity contribution in [3.63, 3.8) is 0 Å². The first kappa shape index (κ1) is 13.2. The van der Waals surface area contributed by atoms with Gasteiger partial charge in [-0.1, -0.05) is 6.07 Å². The second kappa shape index (κ2) is 6.10. The molecule has 1 heterocycles. The zero-order valence-electron chi connectivity index (χ0n) is 11.0. The molecule has 19 heavy (non-hydrogen) atoms. The van der Waals surface area contributed by atoms with E-state index in [0.29, 0.717) is 17.0 Å². The van der Waals surface area contributed by atoms with Gasteiger partial charge in [0.25, 0.3) is 0 Å². The zero-order valence-corrected chi connectivity index (χ0v) is 11.0. The highest BCUT2D eigenvalue weighted by atomic mass is 16.5. The Balaban J connectivity index is 2.06. The van der Waals surface area contributed by atoms with Crippen molar-refractivity contribution in [1.82, 2.24) is 4.90 Å². The first-order valence-electron chi connectivity index (χ1n) is 6.35. The molecule has 5 heteroatoms. The summed E-state index contributed by atoms with van der Waals surface area (Å²) < 4.78 is 5.21. The summed E-state index contributed by atoms with van der Waals surface area (Å²) in [6, 6.07) is 7.32. The largest absolute Gasteiger partial charge is 0.495 e. The van der Waals surface area contributed by atoms with Crippen molar-refractivity contribution in [2.45, 2.75) is 12.8 Å². The van der Waals surface area contributed by atoms with Gasteiger partial charge in [0.05, 0.1) is 24.9 Å². The molecule has 1 aromatic rings. The Bertz CT molecular complexity index is 502. The Morgan fingerprint density at radius 3 is 2.84 bits per heavy atom. The molecule has 0 bridgehead atoms. The van der Waals surface area contributed by atoms with Crippen LogP contribution in [-0.4, -0.2) is 37.6 Å². The molecule has 0 spiro atoms. The van der Waals surface area contributed by atoms with Gasteiger partial charge in [-0.25, -0.2) is 0 Å². The number of nitrogens with one attached hydrogen (secondary N) is 1. The van der Waals surface area contributed by atoms with E-state index in [1.165, 1.54) is 0 Å². The number of benzene rings is 1. The number of nitrogens with zero attached hydrogens (tertiary/aromatic N) is 2. The number of rotatable bonds is 4. The average molecular weight is 259 g/mol. The summed E-state index contributed by atoms with van der Waals surface area (Å²) in [6.45, 7) is 1.85. The molecule has 100 valence electrons. The fraction of sp³-hybridized carbons (Fsp3) is 0.429. The number of hydrogen-bond acceptors (Lipinski definition) is 4. The molecule has 0 atom stereocenters. The first-order chi connectivity index (χ1) is 9.26. The zero-order chi connectivity index (χ0) is 13.7. The van der Waals surface area contributed by atoms with Gasteiger partial charge in [0.15, 0.2) is 0 Å². The smallest absolute Gasteiger partial charge is 0.241 e. The van der Waals surface area contributed by atoms with E-state index in [9.17, 15) is 4.79 Å². The summed E-state index contributed by atoms with van der Waals surface area (Å²) >= 11 is 0. The van der Waals surface area contributed by atoms with Crippen LogP contribution >= 0.6 is 0 Å². The molecule has 2 rings (SSSR count). The summed E-state index contributed by atoms with van der Waals surface area (Å²) in [6.07, 6.45) is 2.15. The molecular formula is C14H17N3O2. The molecule has 1 amide bonds. The molecule has 1 saturated heterocycles. The first-order valence-corrected chi connectivity index (χ1v) is 6.35. The third-order valence-electron chi connectivity index (χ3n) is 3.24. The van der Waals surface area contributed by atoms with Crippen LogP contribution in [0.1, 0.15) is 18.4 Å². The topological polar surface area (TPSA) is 65.4 Å². The maximum absolute atomic E-state index is 12.0. The number of carbonyl (C=O) groups excluding carboxylic acids is 1. The van der Waals surface area contributed by atoms with E-state index in [2.05, 4.69) is 11.4 Å². The monoisotopic (exact) mass is 259 g/mol. The molecule has 0 unspecified atom stereocenters. The van der Waals surface area contributed by atoms with E-state index in [1.807, 2.05) is 4.90 Å². The van der Waals surface area contributed by atoms with Crippen molar-refractivity contribution >= 4 is 11.6 Å². The van der Waals surface area contributed by atoms with Crippen molar-refractivity contribution in [2.75, 3.05) is 32.1 Å². The Morgan fingerprint density at radius 2 is 2.21 bits per heavy atom. The Morgan fingerprint density at radius 1 is 1.47 bits per heavy atom. The lowest BCUT2D eigenvalue weighted by Gasteiger charge is -2.17. The molecule has 5 nitrogen and oxygen atoms in total. The van der Waals surface area contributed by atoms with Gasteiger partial charge in [-0.3, -0.25) is 4.79 Å². The molecule has 0 radical (unpaired) electrons. The number of ether oxygens (including phenoxy) is 1. The minimum absolute atomic E-state index is 0.0623. The van der Waals surface area contributed by atoms with Crippen LogP contribution in [0.15, 0.2) is 18.2 Å². The lowest BCUT2D eigenvalue weighted by molar-refractivity contribution is -0.128.